The number of halogens is 4. The van der Waals surface area contributed by atoms with Crippen LogP contribution in [-0.4, -0.2) is 35.4 Å². The molecule has 32 heavy (non-hydrogen) atoms. The van der Waals surface area contributed by atoms with Crippen LogP contribution in [0.4, 0.5) is 19.1 Å². The standard InChI is InChI=1S/C20H17ClF3N7O/c1-11-6-15(20(22,23)24)17-12(2)28-31(18(17)26-11)9-16(32)27-19-25-10-30(29-19)8-13-4-3-5-14(21)7-13/h3-7,10H,8-9H2,1-2H3,(H,27,29,32). The maximum absolute atomic E-state index is 13.4. The lowest BCUT2D eigenvalue weighted by Crippen LogP contribution is -2.21. The van der Waals surface area contributed by atoms with E-state index in [1.165, 1.54) is 24.9 Å². The molecule has 3 heterocycles. The zero-order valence-corrected chi connectivity index (χ0v) is 17.7. The number of aryl methyl sites for hydroxylation is 2. The summed E-state index contributed by atoms with van der Waals surface area (Å²) in [6.07, 6.45) is -3.11. The Morgan fingerprint density at radius 2 is 1.97 bits per heavy atom. The molecule has 1 amide bonds. The lowest BCUT2D eigenvalue weighted by Gasteiger charge is -2.10. The summed E-state index contributed by atoms with van der Waals surface area (Å²) in [5.41, 5.74) is 0.375. The predicted octanol–water partition coefficient (Wildman–Crippen LogP) is 4.00. The average Bonchev–Trinajstić information content (AvgIpc) is 3.24. The van der Waals surface area contributed by atoms with Crippen LogP contribution in [0.3, 0.4) is 0 Å². The fourth-order valence-electron chi connectivity index (χ4n) is 3.36. The fourth-order valence-corrected chi connectivity index (χ4v) is 3.58. The highest BCUT2D eigenvalue weighted by atomic mass is 35.5. The molecule has 4 rings (SSSR count). The summed E-state index contributed by atoms with van der Waals surface area (Å²) in [5.74, 6) is -0.489. The molecule has 0 atom stereocenters. The van der Waals surface area contributed by atoms with E-state index in [4.69, 9.17) is 11.6 Å². The highest BCUT2D eigenvalue weighted by Gasteiger charge is 2.35. The zero-order chi connectivity index (χ0) is 23.0. The van der Waals surface area contributed by atoms with Crippen molar-refractivity contribution in [2.45, 2.75) is 33.1 Å². The minimum absolute atomic E-state index is 0.00980. The molecule has 12 heteroatoms. The third-order valence-electron chi connectivity index (χ3n) is 4.63. The predicted molar refractivity (Wildman–Crippen MR) is 111 cm³/mol. The normalized spacial score (nSPS) is 11.8. The number of nitrogens with zero attached hydrogens (tertiary/aromatic N) is 6. The second kappa shape index (κ2) is 8.23. The fraction of sp³-hybridized carbons (Fsp3) is 0.250. The Bertz CT molecular complexity index is 1310. The molecule has 166 valence electrons. The van der Waals surface area contributed by atoms with Crippen molar-refractivity contribution >= 4 is 34.5 Å². The number of alkyl halides is 3. The number of rotatable bonds is 5. The number of pyridine rings is 1. The Balaban J connectivity index is 1.52. The van der Waals surface area contributed by atoms with Gasteiger partial charge in [-0.3, -0.25) is 10.1 Å². The SMILES string of the molecule is Cc1cc(C(F)(F)F)c2c(C)nn(CC(=O)Nc3ncn(Cc4cccc(Cl)c4)n3)c2n1. The van der Waals surface area contributed by atoms with Crippen LogP contribution >= 0.6 is 11.6 Å². The van der Waals surface area contributed by atoms with E-state index in [1.807, 2.05) is 12.1 Å². The zero-order valence-electron chi connectivity index (χ0n) is 17.0. The molecule has 0 saturated carbocycles. The van der Waals surface area contributed by atoms with Crippen molar-refractivity contribution in [2.24, 2.45) is 0 Å². The van der Waals surface area contributed by atoms with Gasteiger partial charge in [-0.05, 0) is 37.6 Å². The van der Waals surface area contributed by atoms with Gasteiger partial charge in [0.25, 0.3) is 0 Å². The Labute approximate surface area is 185 Å². The van der Waals surface area contributed by atoms with Gasteiger partial charge in [-0.1, -0.05) is 23.7 Å². The summed E-state index contributed by atoms with van der Waals surface area (Å²) < 4.78 is 43.0. The summed E-state index contributed by atoms with van der Waals surface area (Å²) in [6.45, 7) is 2.96. The summed E-state index contributed by atoms with van der Waals surface area (Å²) in [7, 11) is 0. The molecule has 0 aliphatic rings. The Morgan fingerprint density at radius 1 is 1.19 bits per heavy atom. The van der Waals surface area contributed by atoms with Gasteiger partial charge >= 0.3 is 6.18 Å². The first-order chi connectivity index (χ1) is 15.1. The minimum atomic E-state index is -4.56. The van der Waals surface area contributed by atoms with Crippen molar-refractivity contribution in [2.75, 3.05) is 5.32 Å². The van der Waals surface area contributed by atoms with Gasteiger partial charge < -0.3 is 0 Å². The molecular weight excluding hydrogens is 447 g/mol. The van der Waals surface area contributed by atoms with E-state index in [0.717, 1.165) is 16.3 Å². The van der Waals surface area contributed by atoms with E-state index in [2.05, 4.69) is 25.5 Å². The van der Waals surface area contributed by atoms with Crippen LogP contribution in [0.25, 0.3) is 11.0 Å². The number of amides is 1. The summed E-state index contributed by atoms with van der Waals surface area (Å²) in [4.78, 5) is 20.7. The van der Waals surface area contributed by atoms with Gasteiger partial charge in [0.2, 0.25) is 11.9 Å². The maximum atomic E-state index is 13.4. The molecule has 0 saturated heterocycles. The highest BCUT2D eigenvalue weighted by Crippen LogP contribution is 2.36. The van der Waals surface area contributed by atoms with E-state index in [-0.39, 0.29) is 34.9 Å². The minimum Gasteiger partial charge on any atom is -0.292 e. The molecule has 0 fully saturated rings. The summed E-state index contributed by atoms with van der Waals surface area (Å²) >= 11 is 5.97. The molecule has 0 spiro atoms. The number of fused-ring (bicyclic) bond motifs is 1. The van der Waals surface area contributed by atoms with Gasteiger partial charge in [0.15, 0.2) is 5.65 Å². The Kier molecular flexibility index (Phi) is 5.59. The van der Waals surface area contributed by atoms with E-state index in [0.29, 0.717) is 11.6 Å². The molecule has 0 radical (unpaired) electrons. The van der Waals surface area contributed by atoms with Crippen LogP contribution < -0.4 is 5.32 Å². The molecule has 1 N–H and O–H groups in total. The number of anilines is 1. The summed E-state index contributed by atoms with van der Waals surface area (Å²) in [6, 6.07) is 8.20. The number of carbonyl (C=O) groups is 1. The molecular formula is C20H17ClF3N7O. The van der Waals surface area contributed by atoms with Gasteiger partial charge in [-0.15, -0.1) is 5.10 Å². The lowest BCUT2D eigenvalue weighted by atomic mass is 10.1. The molecule has 0 aliphatic carbocycles. The maximum Gasteiger partial charge on any atom is 0.417 e. The number of hydrogen-bond donors (Lipinski definition) is 1. The highest BCUT2D eigenvalue weighted by molar-refractivity contribution is 6.30. The van der Waals surface area contributed by atoms with Crippen molar-refractivity contribution in [1.29, 1.82) is 0 Å². The Morgan fingerprint density at radius 3 is 2.69 bits per heavy atom. The molecule has 0 aliphatic heterocycles. The second-order valence-electron chi connectivity index (χ2n) is 7.19. The number of nitrogens with one attached hydrogen (secondary N) is 1. The van der Waals surface area contributed by atoms with E-state index in [9.17, 15) is 18.0 Å². The van der Waals surface area contributed by atoms with Crippen LogP contribution in [0.2, 0.25) is 5.02 Å². The Hall–Kier alpha value is -3.47. The number of benzene rings is 1. The van der Waals surface area contributed by atoms with Gasteiger partial charge in [0.05, 0.1) is 23.2 Å². The molecule has 8 nitrogen and oxygen atoms in total. The lowest BCUT2D eigenvalue weighted by molar-refractivity contribution is -0.136. The molecule has 4 aromatic rings. The van der Waals surface area contributed by atoms with Crippen LogP contribution in [-0.2, 0) is 24.1 Å². The van der Waals surface area contributed by atoms with Crippen LogP contribution in [0.1, 0.15) is 22.5 Å². The first kappa shape index (κ1) is 21.8. The number of carbonyl (C=O) groups excluding carboxylic acids is 1. The topological polar surface area (TPSA) is 90.5 Å². The average molecular weight is 464 g/mol. The third kappa shape index (κ3) is 4.57. The number of aromatic nitrogens is 6. The number of hydrogen-bond acceptors (Lipinski definition) is 5. The van der Waals surface area contributed by atoms with Gasteiger partial charge in [0, 0.05) is 10.7 Å². The van der Waals surface area contributed by atoms with Crippen molar-refractivity contribution < 1.29 is 18.0 Å². The van der Waals surface area contributed by atoms with Crippen molar-refractivity contribution in [3.63, 3.8) is 0 Å². The van der Waals surface area contributed by atoms with E-state index in [1.54, 1.807) is 12.1 Å². The molecule has 0 bridgehead atoms. The van der Waals surface area contributed by atoms with E-state index < -0.39 is 17.6 Å². The van der Waals surface area contributed by atoms with Crippen LogP contribution in [0.15, 0.2) is 36.7 Å². The van der Waals surface area contributed by atoms with Crippen molar-refractivity contribution in [3.05, 3.63) is 64.2 Å². The van der Waals surface area contributed by atoms with Gasteiger partial charge in [0.1, 0.15) is 12.9 Å². The largest absolute Gasteiger partial charge is 0.417 e. The van der Waals surface area contributed by atoms with Gasteiger partial charge in [-0.2, -0.15) is 18.3 Å². The molecule has 3 aromatic heterocycles. The third-order valence-corrected chi connectivity index (χ3v) is 4.86. The monoisotopic (exact) mass is 463 g/mol. The van der Waals surface area contributed by atoms with Crippen LogP contribution in [0.5, 0.6) is 0 Å². The smallest absolute Gasteiger partial charge is 0.292 e. The summed E-state index contributed by atoms with van der Waals surface area (Å²) in [5, 5.41) is 11.3. The molecule has 1 aromatic carbocycles. The van der Waals surface area contributed by atoms with Crippen molar-refractivity contribution in [1.82, 2.24) is 29.5 Å². The molecule has 0 unspecified atom stereocenters. The van der Waals surface area contributed by atoms with Crippen LogP contribution in [0, 0.1) is 13.8 Å². The quantitative estimate of drug-likeness (QED) is 0.483. The first-order valence-electron chi connectivity index (χ1n) is 9.46. The first-order valence-corrected chi connectivity index (χ1v) is 9.83. The van der Waals surface area contributed by atoms with E-state index >= 15 is 0 Å². The second-order valence-corrected chi connectivity index (χ2v) is 7.63. The van der Waals surface area contributed by atoms with Crippen molar-refractivity contribution in [3.8, 4) is 0 Å². The van der Waals surface area contributed by atoms with Gasteiger partial charge in [-0.25, -0.2) is 19.3 Å².